The molecule has 1 fully saturated rings. The molecule has 5 rings (SSSR count). The second-order valence-electron chi connectivity index (χ2n) is 7.79. The summed E-state index contributed by atoms with van der Waals surface area (Å²) in [7, 11) is 0. The van der Waals surface area contributed by atoms with Crippen LogP contribution in [0.1, 0.15) is 41.2 Å². The average molecular weight is 360 g/mol. The maximum atomic E-state index is 5.85. The first-order valence-corrected chi connectivity index (χ1v) is 9.67. The molecule has 1 saturated heterocycles. The number of hydrogen-bond donors (Lipinski definition) is 0. The van der Waals surface area contributed by atoms with Crippen LogP contribution < -0.4 is 0 Å². The summed E-state index contributed by atoms with van der Waals surface area (Å²) in [5, 5.41) is 0. The van der Waals surface area contributed by atoms with Crippen LogP contribution in [0.4, 0.5) is 0 Å². The van der Waals surface area contributed by atoms with Gasteiger partial charge in [0.15, 0.2) is 5.76 Å². The van der Waals surface area contributed by atoms with E-state index < -0.39 is 0 Å². The molecule has 1 aliphatic heterocycles. The monoisotopic (exact) mass is 360 g/mol. The summed E-state index contributed by atoms with van der Waals surface area (Å²) >= 11 is 0. The van der Waals surface area contributed by atoms with Crippen molar-refractivity contribution >= 4 is 6.08 Å². The van der Waals surface area contributed by atoms with E-state index in [1.54, 1.807) is 0 Å². The van der Waals surface area contributed by atoms with Crippen molar-refractivity contribution in [1.82, 2.24) is 9.88 Å². The van der Waals surface area contributed by atoms with E-state index in [-0.39, 0.29) is 5.41 Å². The van der Waals surface area contributed by atoms with E-state index in [1.165, 1.54) is 11.1 Å². The van der Waals surface area contributed by atoms with Crippen LogP contribution in [-0.4, -0.2) is 23.0 Å². The third-order valence-corrected chi connectivity index (χ3v) is 6.04. The minimum absolute atomic E-state index is 0.225. The fourth-order valence-electron chi connectivity index (χ4n) is 4.42. The molecule has 1 spiro atoms. The van der Waals surface area contributed by atoms with Crippen LogP contribution in [0.3, 0.4) is 0 Å². The predicted molar refractivity (Wildman–Crippen MR) is 105 cm³/mol. The van der Waals surface area contributed by atoms with Crippen molar-refractivity contribution in [2.45, 2.75) is 38.6 Å². The van der Waals surface area contributed by atoms with Gasteiger partial charge in [-0.25, -0.2) is 4.98 Å². The van der Waals surface area contributed by atoms with E-state index >= 15 is 0 Å². The molecule has 0 unspecified atom stereocenters. The Morgan fingerprint density at radius 1 is 1.04 bits per heavy atom. The van der Waals surface area contributed by atoms with Crippen LogP contribution in [0, 0.1) is 13.8 Å². The van der Waals surface area contributed by atoms with E-state index in [9.17, 15) is 0 Å². The lowest BCUT2D eigenvalue weighted by molar-refractivity contribution is 0.175. The first-order chi connectivity index (χ1) is 13.1. The van der Waals surface area contributed by atoms with E-state index in [2.05, 4.69) is 41.3 Å². The summed E-state index contributed by atoms with van der Waals surface area (Å²) in [5.41, 5.74) is 4.12. The SMILES string of the molecule is Cc1ccc(-c2nc(CN3CCC4(C=Cc5ccccc54)CC3)c(C)o2)o1. The molecule has 0 amide bonds. The molecule has 3 aromatic rings. The lowest BCUT2D eigenvalue weighted by atomic mass is 9.74. The van der Waals surface area contributed by atoms with Crippen molar-refractivity contribution < 1.29 is 8.83 Å². The van der Waals surface area contributed by atoms with E-state index in [4.69, 9.17) is 13.8 Å². The van der Waals surface area contributed by atoms with Gasteiger partial charge in [-0.15, -0.1) is 0 Å². The number of piperidine rings is 1. The molecule has 1 aromatic carbocycles. The number of fused-ring (bicyclic) bond motifs is 2. The molecule has 0 N–H and O–H groups in total. The van der Waals surface area contributed by atoms with Crippen molar-refractivity contribution in [2.24, 2.45) is 0 Å². The highest BCUT2D eigenvalue weighted by Crippen LogP contribution is 2.43. The Morgan fingerprint density at radius 2 is 1.85 bits per heavy atom. The highest BCUT2D eigenvalue weighted by molar-refractivity contribution is 5.65. The van der Waals surface area contributed by atoms with Crippen LogP contribution in [0.2, 0.25) is 0 Å². The van der Waals surface area contributed by atoms with Crippen LogP contribution in [0.5, 0.6) is 0 Å². The number of benzene rings is 1. The van der Waals surface area contributed by atoms with Gasteiger partial charge < -0.3 is 8.83 Å². The van der Waals surface area contributed by atoms with Gasteiger partial charge in [0.1, 0.15) is 11.5 Å². The predicted octanol–water partition coefficient (Wildman–Crippen LogP) is 5.11. The fraction of sp³-hybridized carbons (Fsp3) is 0.348. The second-order valence-corrected chi connectivity index (χ2v) is 7.79. The maximum absolute atomic E-state index is 5.85. The van der Waals surface area contributed by atoms with Gasteiger partial charge in [-0.1, -0.05) is 36.4 Å². The normalized spacial score (nSPS) is 18.3. The minimum atomic E-state index is 0.225. The van der Waals surface area contributed by atoms with Gasteiger partial charge in [0.2, 0.25) is 0 Å². The molecule has 138 valence electrons. The number of nitrogens with zero attached hydrogens (tertiary/aromatic N) is 2. The highest BCUT2D eigenvalue weighted by Gasteiger charge is 2.37. The quantitative estimate of drug-likeness (QED) is 0.651. The number of rotatable bonds is 3. The molecule has 0 bridgehead atoms. The summed E-state index contributed by atoms with van der Waals surface area (Å²) in [6, 6.07) is 12.7. The minimum Gasteiger partial charge on any atom is -0.456 e. The molecule has 4 nitrogen and oxygen atoms in total. The molecule has 2 aromatic heterocycles. The number of hydrogen-bond acceptors (Lipinski definition) is 4. The molecule has 0 saturated carbocycles. The Kier molecular flexibility index (Phi) is 3.83. The van der Waals surface area contributed by atoms with Gasteiger partial charge in [-0.05, 0) is 63.0 Å². The fourth-order valence-corrected chi connectivity index (χ4v) is 4.42. The number of furan rings is 1. The molecule has 2 aliphatic rings. The number of likely N-dealkylation sites (tertiary alicyclic amines) is 1. The van der Waals surface area contributed by atoms with E-state index in [0.29, 0.717) is 11.7 Å². The summed E-state index contributed by atoms with van der Waals surface area (Å²) in [6.45, 7) is 6.89. The van der Waals surface area contributed by atoms with Crippen LogP contribution in [-0.2, 0) is 12.0 Å². The number of allylic oxidation sites excluding steroid dienone is 1. The van der Waals surface area contributed by atoms with Gasteiger partial charge in [0, 0.05) is 12.0 Å². The van der Waals surface area contributed by atoms with Gasteiger partial charge >= 0.3 is 0 Å². The first kappa shape index (κ1) is 16.6. The molecule has 1 aliphatic carbocycles. The molecular weight excluding hydrogens is 336 g/mol. The first-order valence-electron chi connectivity index (χ1n) is 9.67. The van der Waals surface area contributed by atoms with Crippen LogP contribution in [0.15, 0.2) is 51.3 Å². The molecule has 3 heterocycles. The Balaban J connectivity index is 1.29. The van der Waals surface area contributed by atoms with Gasteiger partial charge in [-0.2, -0.15) is 0 Å². The number of aromatic nitrogens is 1. The van der Waals surface area contributed by atoms with Gasteiger partial charge in [0.05, 0.1) is 5.69 Å². The number of aryl methyl sites for hydroxylation is 2. The average Bonchev–Trinajstić information content (AvgIpc) is 3.37. The van der Waals surface area contributed by atoms with Crippen molar-refractivity contribution in [3.63, 3.8) is 0 Å². The molecular formula is C23H24N2O2. The second kappa shape index (κ2) is 6.24. The smallest absolute Gasteiger partial charge is 0.263 e. The topological polar surface area (TPSA) is 42.4 Å². The molecule has 0 atom stereocenters. The third kappa shape index (κ3) is 2.85. The largest absolute Gasteiger partial charge is 0.456 e. The van der Waals surface area contributed by atoms with E-state index in [1.807, 2.05) is 26.0 Å². The lowest BCUT2D eigenvalue weighted by Gasteiger charge is -2.39. The van der Waals surface area contributed by atoms with Gasteiger partial charge in [-0.3, -0.25) is 4.90 Å². The Hall–Kier alpha value is -2.59. The summed E-state index contributed by atoms with van der Waals surface area (Å²) in [5.74, 6) is 3.03. The van der Waals surface area contributed by atoms with Crippen LogP contribution >= 0.6 is 0 Å². The zero-order valence-corrected chi connectivity index (χ0v) is 15.9. The van der Waals surface area contributed by atoms with Crippen molar-refractivity contribution in [3.05, 3.63) is 70.8 Å². The van der Waals surface area contributed by atoms with Crippen molar-refractivity contribution in [3.8, 4) is 11.7 Å². The molecule has 27 heavy (non-hydrogen) atoms. The Bertz CT molecular complexity index is 1000. The Morgan fingerprint density at radius 3 is 2.63 bits per heavy atom. The van der Waals surface area contributed by atoms with Crippen LogP contribution in [0.25, 0.3) is 17.7 Å². The highest BCUT2D eigenvalue weighted by atomic mass is 16.4. The van der Waals surface area contributed by atoms with Gasteiger partial charge in [0.25, 0.3) is 5.89 Å². The van der Waals surface area contributed by atoms with E-state index in [0.717, 1.165) is 49.7 Å². The Labute approximate surface area is 159 Å². The van der Waals surface area contributed by atoms with Crippen molar-refractivity contribution in [1.29, 1.82) is 0 Å². The standard InChI is InChI=1S/C23H24N2O2/c1-16-7-8-21(26-16)22-24-20(17(2)27-22)15-25-13-11-23(12-14-25)10-9-18-5-3-4-6-19(18)23/h3-10H,11-15H2,1-2H3. The number of oxazole rings is 1. The zero-order valence-electron chi connectivity index (χ0n) is 15.9. The molecule has 4 heteroatoms. The zero-order chi connectivity index (χ0) is 18.4. The van der Waals surface area contributed by atoms with Crippen molar-refractivity contribution in [2.75, 3.05) is 13.1 Å². The maximum Gasteiger partial charge on any atom is 0.263 e. The third-order valence-electron chi connectivity index (χ3n) is 6.04. The summed E-state index contributed by atoms with van der Waals surface area (Å²) < 4.78 is 11.5. The molecule has 0 radical (unpaired) electrons. The summed E-state index contributed by atoms with van der Waals surface area (Å²) in [6.07, 6.45) is 7.03. The lowest BCUT2D eigenvalue weighted by Crippen LogP contribution is -2.40. The summed E-state index contributed by atoms with van der Waals surface area (Å²) in [4.78, 5) is 7.18.